The van der Waals surface area contributed by atoms with Gasteiger partial charge in [-0.2, -0.15) is 0 Å². The molecule has 0 aromatic heterocycles. The molecule has 0 aliphatic heterocycles. The van der Waals surface area contributed by atoms with Crippen LogP contribution in [0.25, 0.3) is 0 Å². The maximum absolute atomic E-state index is 4.20. The molecule has 0 spiro atoms. The fourth-order valence-corrected chi connectivity index (χ4v) is 2.10. The fourth-order valence-electron chi connectivity index (χ4n) is 2.10. The first-order valence-corrected chi connectivity index (χ1v) is 7.49. The molecule has 0 aliphatic carbocycles. The number of hydrogen-bond donors (Lipinski definition) is 0. The van der Waals surface area contributed by atoms with E-state index in [9.17, 15) is 0 Å². The molecule has 0 aromatic rings. The number of rotatable bonds is 6. The topological polar surface area (TPSA) is 0 Å². The molecule has 0 saturated heterocycles. The predicted molar refractivity (Wildman–Crippen MR) is 92.0 cm³/mol. The molecule has 0 bridgehead atoms. The summed E-state index contributed by atoms with van der Waals surface area (Å²) >= 11 is 0. The summed E-state index contributed by atoms with van der Waals surface area (Å²) in [6, 6.07) is 0. The van der Waals surface area contributed by atoms with Crippen LogP contribution in [0.4, 0.5) is 0 Å². The molecule has 0 nitrogen and oxygen atoms in total. The van der Waals surface area contributed by atoms with Gasteiger partial charge >= 0.3 is 122 Å². The van der Waals surface area contributed by atoms with Crippen LogP contribution in [0.1, 0.15) is 67.7 Å². The molecular formula is C18H33B. The third-order valence-corrected chi connectivity index (χ3v) is 2.81. The fraction of sp³-hybridized carbons (Fsp3) is 0.722. The van der Waals surface area contributed by atoms with E-state index in [2.05, 4.69) is 80.0 Å². The molecule has 0 saturated carbocycles. The van der Waals surface area contributed by atoms with Crippen molar-refractivity contribution in [3.8, 4) is 0 Å². The molecule has 0 rings (SSSR count). The van der Waals surface area contributed by atoms with E-state index in [1.807, 2.05) is 0 Å². The maximum atomic E-state index is 4.20. The van der Waals surface area contributed by atoms with Gasteiger partial charge in [-0.25, -0.2) is 0 Å². The van der Waals surface area contributed by atoms with Crippen LogP contribution in [0.3, 0.4) is 0 Å². The Labute approximate surface area is 122 Å². The Bertz CT molecular complexity index is 321. The zero-order valence-corrected chi connectivity index (χ0v) is 14.2. The molecule has 0 N–H and O–H groups in total. The molecule has 0 fully saturated rings. The molecule has 0 amide bonds. The summed E-state index contributed by atoms with van der Waals surface area (Å²) < 4.78 is 0. The molecule has 0 aromatic carbocycles. The van der Waals surface area contributed by atoms with Crippen molar-refractivity contribution in [1.82, 2.24) is 0 Å². The second kappa shape index (κ2) is 7.87. The quantitative estimate of drug-likeness (QED) is 0.439. The van der Waals surface area contributed by atoms with Gasteiger partial charge in [-0.05, 0) is 0 Å². The monoisotopic (exact) mass is 260 g/mol. The van der Waals surface area contributed by atoms with E-state index in [1.54, 1.807) is 0 Å². The second-order valence-electron chi connectivity index (χ2n) is 8.25. The molecule has 19 heavy (non-hydrogen) atoms. The Morgan fingerprint density at radius 1 is 1.11 bits per heavy atom. The third kappa shape index (κ3) is 13.6. The van der Waals surface area contributed by atoms with Gasteiger partial charge in [0, 0.05) is 0 Å². The standard InChI is InChI=1S/C18H33B/c1-15(13-16(2)14-18(6,7)8)9-11-19-12-10-17(3,4)5/h9,11-12,15H,2,10,13-14H2,1,3-8H3/b11-9-. The molecule has 1 unspecified atom stereocenters. The molecule has 0 heterocycles. The summed E-state index contributed by atoms with van der Waals surface area (Å²) in [5.74, 6) is 5.02. The van der Waals surface area contributed by atoms with Gasteiger partial charge in [0.1, 0.15) is 0 Å². The average molecular weight is 260 g/mol. The predicted octanol–water partition coefficient (Wildman–Crippen LogP) is 5.46. The van der Waals surface area contributed by atoms with Gasteiger partial charge in [0.25, 0.3) is 0 Å². The van der Waals surface area contributed by atoms with E-state index in [-0.39, 0.29) is 0 Å². The molecule has 1 heteroatoms. The Kier molecular flexibility index (Phi) is 7.63. The van der Waals surface area contributed by atoms with Crippen LogP contribution >= 0.6 is 0 Å². The first-order valence-electron chi connectivity index (χ1n) is 7.49. The summed E-state index contributed by atoms with van der Waals surface area (Å²) in [4.78, 5) is 0. The van der Waals surface area contributed by atoms with Crippen LogP contribution in [0.2, 0.25) is 0 Å². The molecule has 1 atom stereocenters. The van der Waals surface area contributed by atoms with E-state index in [0.29, 0.717) is 16.7 Å². The summed E-state index contributed by atoms with van der Waals surface area (Å²) in [6.07, 6.45) is 5.63. The minimum absolute atomic E-state index is 0.354. The normalized spacial score (nSPS) is 14.9. The van der Waals surface area contributed by atoms with Crippen molar-refractivity contribution < 1.29 is 0 Å². The summed E-state index contributed by atoms with van der Waals surface area (Å²) in [7, 11) is 0. The van der Waals surface area contributed by atoms with E-state index < -0.39 is 0 Å². The third-order valence-electron chi connectivity index (χ3n) is 2.81. The number of hydrogen-bond acceptors (Lipinski definition) is 0. The molecule has 0 aliphatic rings. The zero-order valence-electron chi connectivity index (χ0n) is 14.2. The summed E-state index contributed by atoms with van der Waals surface area (Å²) in [5, 5.41) is 0. The van der Waals surface area contributed by atoms with E-state index in [0.717, 1.165) is 19.3 Å². The van der Waals surface area contributed by atoms with E-state index in [1.165, 1.54) is 5.57 Å². The first kappa shape index (κ1) is 18.4. The van der Waals surface area contributed by atoms with Gasteiger partial charge in [-0.3, -0.25) is 0 Å². The van der Waals surface area contributed by atoms with Gasteiger partial charge in [0.2, 0.25) is 0 Å². The van der Waals surface area contributed by atoms with Crippen LogP contribution in [0.15, 0.2) is 24.2 Å². The molecule has 0 radical (unpaired) electrons. The van der Waals surface area contributed by atoms with Crippen LogP contribution in [-0.4, -0.2) is 12.9 Å². The Morgan fingerprint density at radius 3 is 2.16 bits per heavy atom. The zero-order chi connectivity index (χ0) is 15.1. The van der Waals surface area contributed by atoms with Crippen molar-refractivity contribution in [3.05, 3.63) is 24.2 Å². The van der Waals surface area contributed by atoms with Crippen LogP contribution in [0.5, 0.6) is 0 Å². The van der Waals surface area contributed by atoms with Gasteiger partial charge < -0.3 is 0 Å². The molecular weight excluding hydrogens is 227 g/mol. The molecule has 108 valence electrons. The summed E-state index contributed by atoms with van der Waals surface area (Å²) in [5.41, 5.74) is 2.10. The van der Waals surface area contributed by atoms with Crippen molar-refractivity contribution in [2.24, 2.45) is 16.7 Å². The van der Waals surface area contributed by atoms with Crippen molar-refractivity contribution in [2.45, 2.75) is 67.7 Å². The minimum atomic E-state index is 0.354. The van der Waals surface area contributed by atoms with Crippen LogP contribution in [-0.2, 0) is 0 Å². The van der Waals surface area contributed by atoms with Gasteiger partial charge in [0.15, 0.2) is 0 Å². The van der Waals surface area contributed by atoms with Gasteiger partial charge in [0.05, 0.1) is 0 Å². The van der Waals surface area contributed by atoms with Crippen molar-refractivity contribution in [2.75, 3.05) is 0 Å². The van der Waals surface area contributed by atoms with Crippen LogP contribution in [0, 0.1) is 16.7 Å². The van der Waals surface area contributed by atoms with Gasteiger partial charge in [-0.1, -0.05) is 0 Å². The van der Waals surface area contributed by atoms with Crippen molar-refractivity contribution in [1.29, 1.82) is 0 Å². The van der Waals surface area contributed by atoms with Crippen LogP contribution < -0.4 is 0 Å². The first-order chi connectivity index (χ1) is 8.49. The SMILES string of the molecule is C=C(CC(C)/C=C\B=C/CC(C)(C)C)CC(C)(C)C. The summed E-state index contributed by atoms with van der Waals surface area (Å²) in [6.45, 7) is 22.3. The van der Waals surface area contributed by atoms with Gasteiger partial charge in [-0.15, -0.1) is 0 Å². The Balaban J connectivity index is 4.04. The van der Waals surface area contributed by atoms with Crippen molar-refractivity contribution >= 4 is 12.9 Å². The number of allylic oxidation sites excluding steroid dienone is 2. The van der Waals surface area contributed by atoms with E-state index in [4.69, 9.17) is 0 Å². The Hall–Kier alpha value is -0.585. The Morgan fingerprint density at radius 2 is 1.68 bits per heavy atom. The van der Waals surface area contributed by atoms with E-state index >= 15 is 0 Å². The average Bonchev–Trinajstić information content (AvgIpc) is 2.11. The second-order valence-corrected chi connectivity index (χ2v) is 8.25. The van der Waals surface area contributed by atoms with Crippen molar-refractivity contribution in [3.63, 3.8) is 0 Å².